The quantitative estimate of drug-likeness (QED) is 0.616. The Balaban J connectivity index is 2.52. The van der Waals surface area contributed by atoms with Gasteiger partial charge in [-0.05, 0) is 30.4 Å². The molecule has 0 saturated heterocycles. The molecule has 16 heavy (non-hydrogen) atoms. The highest BCUT2D eigenvalue weighted by atomic mass is 32.2. The average Bonchev–Trinajstić information content (AvgIpc) is 2.24. The zero-order valence-corrected chi connectivity index (χ0v) is 9.94. The van der Waals surface area contributed by atoms with Gasteiger partial charge in [0.25, 0.3) is 0 Å². The molecule has 0 fully saturated rings. The highest BCUT2D eigenvalue weighted by molar-refractivity contribution is 7.99. The van der Waals surface area contributed by atoms with Crippen LogP contribution < -0.4 is 11.1 Å². The molecule has 0 heterocycles. The van der Waals surface area contributed by atoms with E-state index in [4.69, 9.17) is 5.73 Å². The van der Waals surface area contributed by atoms with E-state index in [-0.39, 0.29) is 5.91 Å². The number of hydrogen-bond donors (Lipinski definition) is 2. The molecule has 0 bridgehead atoms. The van der Waals surface area contributed by atoms with Crippen molar-refractivity contribution in [2.75, 3.05) is 22.6 Å². The van der Waals surface area contributed by atoms with Crippen molar-refractivity contribution in [1.82, 2.24) is 0 Å². The summed E-state index contributed by atoms with van der Waals surface area (Å²) in [5, 5.41) is 2.59. The molecule has 0 atom stereocenters. The number of halogens is 1. The third kappa shape index (κ3) is 4.10. The minimum Gasteiger partial charge on any atom is -0.397 e. The van der Waals surface area contributed by atoms with Gasteiger partial charge < -0.3 is 11.1 Å². The van der Waals surface area contributed by atoms with Gasteiger partial charge in [0.15, 0.2) is 0 Å². The zero-order chi connectivity index (χ0) is 12.0. The highest BCUT2D eigenvalue weighted by Gasteiger charge is 2.06. The standard InChI is InChI=1S/C11H15FN2OS/c1-2-5-16-7-11(15)14-10-6-8(12)3-4-9(10)13/h3-4,6H,2,5,7,13H2,1H3,(H,14,15). The Morgan fingerprint density at radius 1 is 1.56 bits per heavy atom. The topological polar surface area (TPSA) is 55.1 Å². The van der Waals surface area contributed by atoms with Crippen LogP contribution in [0.25, 0.3) is 0 Å². The summed E-state index contributed by atoms with van der Waals surface area (Å²) in [5.74, 6) is 0.733. The van der Waals surface area contributed by atoms with Gasteiger partial charge in [-0.3, -0.25) is 4.79 Å². The maximum absolute atomic E-state index is 12.9. The maximum Gasteiger partial charge on any atom is 0.234 e. The van der Waals surface area contributed by atoms with Crippen LogP contribution in [0.2, 0.25) is 0 Å². The van der Waals surface area contributed by atoms with Gasteiger partial charge in [-0.25, -0.2) is 4.39 Å². The molecular formula is C11H15FN2OS. The van der Waals surface area contributed by atoms with Crippen molar-refractivity contribution in [2.45, 2.75) is 13.3 Å². The Bertz CT molecular complexity index is 371. The summed E-state index contributed by atoms with van der Waals surface area (Å²) >= 11 is 1.54. The smallest absolute Gasteiger partial charge is 0.234 e. The van der Waals surface area contributed by atoms with Crippen LogP contribution in [0, 0.1) is 5.82 Å². The SMILES string of the molecule is CCCSCC(=O)Nc1cc(F)ccc1N. The fraction of sp³-hybridized carbons (Fsp3) is 0.364. The molecule has 1 rings (SSSR count). The molecule has 0 unspecified atom stereocenters. The van der Waals surface area contributed by atoms with Gasteiger partial charge in [-0.15, -0.1) is 0 Å². The van der Waals surface area contributed by atoms with E-state index in [0.29, 0.717) is 17.1 Å². The number of nitrogen functional groups attached to an aromatic ring is 1. The third-order valence-corrected chi connectivity index (χ3v) is 3.03. The predicted octanol–water partition coefficient (Wildman–Crippen LogP) is 2.49. The van der Waals surface area contributed by atoms with Crippen molar-refractivity contribution in [2.24, 2.45) is 0 Å². The summed E-state index contributed by atoms with van der Waals surface area (Å²) in [5.41, 5.74) is 6.31. The molecule has 3 N–H and O–H groups in total. The summed E-state index contributed by atoms with van der Waals surface area (Å²) in [6, 6.07) is 3.92. The van der Waals surface area contributed by atoms with Crippen molar-refractivity contribution in [3.8, 4) is 0 Å². The lowest BCUT2D eigenvalue weighted by atomic mass is 10.2. The van der Waals surface area contributed by atoms with Crippen LogP contribution in [0.5, 0.6) is 0 Å². The maximum atomic E-state index is 12.9. The van der Waals surface area contributed by atoms with Gasteiger partial charge in [0.05, 0.1) is 17.1 Å². The second-order valence-corrected chi connectivity index (χ2v) is 4.44. The summed E-state index contributed by atoms with van der Waals surface area (Å²) < 4.78 is 12.9. The van der Waals surface area contributed by atoms with Gasteiger partial charge in [-0.1, -0.05) is 6.92 Å². The van der Waals surface area contributed by atoms with Crippen molar-refractivity contribution in [3.05, 3.63) is 24.0 Å². The number of nitrogens with two attached hydrogens (primary N) is 1. The van der Waals surface area contributed by atoms with E-state index < -0.39 is 5.82 Å². The number of carbonyl (C=O) groups is 1. The number of amides is 1. The lowest BCUT2D eigenvalue weighted by Gasteiger charge is -2.07. The van der Waals surface area contributed by atoms with E-state index in [0.717, 1.165) is 12.2 Å². The van der Waals surface area contributed by atoms with Crippen LogP contribution in [0.3, 0.4) is 0 Å². The molecule has 1 aromatic rings. The molecule has 0 aliphatic heterocycles. The average molecular weight is 242 g/mol. The minimum absolute atomic E-state index is 0.157. The van der Waals surface area contributed by atoms with Crippen molar-refractivity contribution < 1.29 is 9.18 Å². The Hall–Kier alpha value is -1.23. The molecule has 0 aliphatic rings. The number of thioether (sulfide) groups is 1. The van der Waals surface area contributed by atoms with Gasteiger partial charge >= 0.3 is 0 Å². The highest BCUT2D eigenvalue weighted by Crippen LogP contribution is 2.19. The lowest BCUT2D eigenvalue weighted by molar-refractivity contribution is -0.113. The Labute approximate surface area is 98.6 Å². The van der Waals surface area contributed by atoms with E-state index in [1.165, 1.54) is 18.2 Å². The number of benzene rings is 1. The van der Waals surface area contributed by atoms with E-state index in [9.17, 15) is 9.18 Å². The first-order valence-electron chi connectivity index (χ1n) is 5.06. The molecule has 0 aromatic heterocycles. The van der Waals surface area contributed by atoms with Crippen LogP contribution in [-0.2, 0) is 4.79 Å². The fourth-order valence-corrected chi connectivity index (χ4v) is 1.82. The van der Waals surface area contributed by atoms with Crippen LogP contribution in [0.15, 0.2) is 18.2 Å². The molecule has 0 radical (unpaired) electrons. The van der Waals surface area contributed by atoms with E-state index >= 15 is 0 Å². The molecule has 5 heteroatoms. The first-order chi connectivity index (χ1) is 7.63. The number of hydrogen-bond acceptors (Lipinski definition) is 3. The second kappa shape index (κ2) is 6.37. The summed E-state index contributed by atoms with van der Waals surface area (Å²) in [7, 11) is 0. The molecule has 0 saturated carbocycles. The normalized spacial score (nSPS) is 10.1. The molecule has 3 nitrogen and oxygen atoms in total. The van der Waals surface area contributed by atoms with E-state index in [2.05, 4.69) is 12.2 Å². The van der Waals surface area contributed by atoms with Crippen LogP contribution in [0.4, 0.5) is 15.8 Å². The number of rotatable bonds is 5. The second-order valence-electron chi connectivity index (χ2n) is 3.33. The third-order valence-electron chi connectivity index (χ3n) is 1.87. The van der Waals surface area contributed by atoms with E-state index in [1.807, 2.05) is 0 Å². The number of anilines is 2. The number of carbonyl (C=O) groups excluding carboxylic acids is 1. The van der Waals surface area contributed by atoms with Crippen LogP contribution in [-0.4, -0.2) is 17.4 Å². The van der Waals surface area contributed by atoms with E-state index in [1.54, 1.807) is 11.8 Å². The van der Waals surface area contributed by atoms with Gasteiger partial charge in [0.1, 0.15) is 5.82 Å². The monoisotopic (exact) mass is 242 g/mol. The lowest BCUT2D eigenvalue weighted by Crippen LogP contribution is -2.15. The molecule has 1 aromatic carbocycles. The van der Waals surface area contributed by atoms with Gasteiger partial charge in [0.2, 0.25) is 5.91 Å². The molecule has 1 amide bonds. The summed E-state index contributed by atoms with van der Waals surface area (Å²) in [6.07, 6.45) is 1.03. The Morgan fingerprint density at radius 3 is 3.00 bits per heavy atom. The minimum atomic E-state index is -0.411. The van der Waals surface area contributed by atoms with Crippen molar-refractivity contribution in [3.63, 3.8) is 0 Å². The zero-order valence-electron chi connectivity index (χ0n) is 9.13. The first-order valence-corrected chi connectivity index (χ1v) is 6.21. The van der Waals surface area contributed by atoms with Crippen molar-refractivity contribution in [1.29, 1.82) is 0 Å². The Kier molecular flexibility index (Phi) is 5.11. The summed E-state index contributed by atoms with van der Waals surface area (Å²) in [6.45, 7) is 2.05. The van der Waals surface area contributed by atoms with Crippen LogP contribution >= 0.6 is 11.8 Å². The van der Waals surface area contributed by atoms with Crippen LogP contribution in [0.1, 0.15) is 13.3 Å². The van der Waals surface area contributed by atoms with Gasteiger partial charge in [0, 0.05) is 0 Å². The molecule has 0 aliphatic carbocycles. The van der Waals surface area contributed by atoms with Crippen molar-refractivity contribution >= 4 is 29.0 Å². The van der Waals surface area contributed by atoms with Gasteiger partial charge in [-0.2, -0.15) is 11.8 Å². The molecule has 0 spiro atoms. The molecular weight excluding hydrogens is 227 g/mol. The summed E-state index contributed by atoms with van der Waals surface area (Å²) in [4.78, 5) is 11.4. The first kappa shape index (κ1) is 12.8. The largest absolute Gasteiger partial charge is 0.397 e. The molecule has 88 valence electrons. The number of nitrogens with one attached hydrogen (secondary N) is 1. The fourth-order valence-electron chi connectivity index (χ4n) is 1.13. The predicted molar refractivity (Wildman–Crippen MR) is 67.1 cm³/mol. The Morgan fingerprint density at radius 2 is 2.31 bits per heavy atom.